The number of phenolic OH excluding ortho intramolecular Hbond substituents is 4. The van der Waals surface area contributed by atoms with E-state index in [-0.39, 0.29) is 11.3 Å². The molecule has 0 aliphatic carbocycles. The Morgan fingerprint density at radius 3 is 2.10 bits per heavy atom. The van der Waals surface area contributed by atoms with Crippen LogP contribution in [-0.2, 0) is 9.47 Å². The van der Waals surface area contributed by atoms with E-state index in [1.807, 2.05) is 0 Å². The van der Waals surface area contributed by atoms with Gasteiger partial charge in [0.05, 0.1) is 24.3 Å². The van der Waals surface area contributed by atoms with Crippen molar-refractivity contribution in [3.63, 3.8) is 0 Å². The highest BCUT2D eigenvalue weighted by atomic mass is 16.5. The first-order chi connectivity index (χ1) is 19.4. The van der Waals surface area contributed by atoms with Crippen LogP contribution in [0.1, 0.15) is 23.3 Å². The second-order valence-electron chi connectivity index (χ2n) is 9.96. The Labute approximate surface area is 229 Å². The summed E-state index contributed by atoms with van der Waals surface area (Å²) in [5.41, 5.74) is -2.64. The van der Waals surface area contributed by atoms with E-state index >= 15 is 0 Å². The van der Waals surface area contributed by atoms with Gasteiger partial charge in [-0.05, 0) is 18.2 Å². The molecule has 222 valence electrons. The molecule has 2 aromatic carbocycles. The monoisotopic (exact) mass is 580 g/mol. The van der Waals surface area contributed by atoms with Gasteiger partial charge in [-0.3, -0.25) is 4.79 Å². The number of benzene rings is 2. The third-order valence-corrected chi connectivity index (χ3v) is 7.42. The molecule has 0 unspecified atom stereocenters. The van der Waals surface area contributed by atoms with Crippen LogP contribution in [-0.4, -0.2) is 112 Å². The minimum Gasteiger partial charge on any atom is -0.507 e. The number of ether oxygens (including phenoxy) is 2. The number of phenols is 4. The van der Waals surface area contributed by atoms with Crippen LogP contribution in [0.4, 0.5) is 0 Å². The second kappa shape index (κ2) is 10.7. The van der Waals surface area contributed by atoms with E-state index < -0.39 is 119 Å². The molecule has 15 heteroatoms. The minimum absolute atomic E-state index is 0.0720. The van der Waals surface area contributed by atoms with Crippen molar-refractivity contribution in [1.29, 1.82) is 0 Å². The number of fused-ring (bicyclic) bond motifs is 1. The topological polar surface area (TPSA) is 271 Å². The van der Waals surface area contributed by atoms with E-state index in [0.717, 1.165) is 18.2 Å². The van der Waals surface area contributed by atoms with Gasteiger partial charge in [0.2, 0.25) is 0 Å². The van der Waals surface area contributed by atoms with Crippen molar-refractivity contribution >= 4 is 11.0 Å². The number of aromatic hydroxyl groups is 4. The van der Waals surface area contributed by atoms with Crippen molar-refractivity contribution in [3.05, 3.63) is 45.6 Å². The molecule has 2 aliphatic rings. The van der Waals surface area contributed by atoms with Crippen LogP contribution in [0.5, 0.6) is 23.0 Å². The van der Waals surface area contributed by atoms with Gasteiger partial charge in [0.15, 0.2) is 22.5 Å². The van der Waals surface area contributed by atoms with Gasteiger partial charge in [0.1, 0.15) is 77.6 Å². The van der Waals surface area contributed by atoms with Crippen LogP contribution in [0.15, 0.2) is 33.5 Å². The highest BCUT2D eigenvalue weighted by Crippen LogP contribution is 2.50. The van der Waals surface area contributed by atoms with E-state index in [2.05, 4.69) is 0 Å². The summed E-state index contributed by atoms with van der Waals surface area (Å²) >= 11 is 0. The molecule has 0 saturated carbocycles. The molecule has 15 nitrogen and oxygen atoms in total. The Bertz CT molecular complexity index is 1520. The van der Waals surface area contributed by atoms with Crippen molar-refractivity contribution in [1.82, 2.24) is 0 Å². The van der Waals surface area contributed by atoms with Crippen LogP contribution in [0.3, 0.4) is 0 Å². The van der Waals surface area contributed by atoms with Crippen LogP contribution in [0.2, 0.25) is 0 Å². The number of hydrogen-bond acceptors (Lipinski definition) is 15. The lowest BCUT2D eigenvalue weighted by atomic mass is 9.85. The quantitative estimate of drug-likeness (QED) is 0.148. The maximum absolute atomic E-state index is 13.4. The van der Waals surface area contributed by atoms with Crippen LogP contribution >= 0.6 is 0 Å². The van der Waals surface area contributed by atoms with Gasteiger partial charge in [0, 0.05) is 11.6 Å². The number of aliphatic hydroxyl groups is 7. The summed E-state index contributed by atoms with van der Waals surface area (Å²) in [4.78, 5) is 13.4. The fourth-order valence-corrected chi connectivity index (χ4v) is 5.16. The molecule has 0 bridgehead atoms. The van der Waals surface area contributed by atoms with Crippen molar-refractivity contribution in [2.45, 2.75) is 54.9 Å². The molecule has 0 radical (unpaired) electrons. The van der Waals surface area contributed by atoms with Crippen molar-refractivity contribution in [2.24, 2.45) is 0 Å². The van der Waals surface area contributed by atoms with Crippen molar-refractivity contribution in [3.8, 4) is 34.3 Å². The average Bonchev–Trinajstić information content (AvgIpc) is 2.93. The lowest BCUT2D eigenvalue weighted by Crippen LogP contribution is -2.55. The zero-order chi connectivity index (χ0) is 29.9. The van der Waals surface area contributed by atoms with E-state index in [4.69, 9.17) is 13.9 Å². The molecule has 2 saturated heterocycles. The lowest BCUT2D eigenvalue weighted by Gasteiger charge is -2.41. The molecule has 0 spiro atoms. The Balaban J connectivity index is 1.81. The molecule has 11 N–H and O–H groups in total. The van der Waals surface area contributed by atoms with Gasteiger partial charge in [-0.1, -0.05) is 0 Å². The van der Waals surface area contributed by atoms with E-state index in [0.29, 0.717) is 0 Å². The molecule has 3 heterocycles. The first-order valence-corrected chi connectivity index (χ1v) is 12.4. The summed E-state index contributed by atoms with van der Waals surface area (Å²) in [6, 6.07) is 4.36. The fourth-order valence-electron chi connectivity index (χ4n) is 5.16. The van der Waals surface area contributed by atoms with Gasteiger partial charge in [-0.15, -0.1) is 0 Å². The SMILES string of the molecule is O=c1cc(-c2ccc(O)c(O)c2)oc2c([C@H]3OC[C@H](O)[C@@H](O)[C@@H]3O)c(O)c([C@@H]3O[C@H](CO)[C@@H](O)[C@H](O)[C@H]3O)c(O)c12. The van der Waals surface area contributed by atoms with Crippen LogP contribution in [0.25, 0.3) is 22.3 Å². The van der Waals surface area contributed by atoms with E-state index in [1.165, 1.54) is 6.07 Å². The summed E-state index contributed by atoms with van der Waals surface area (Å²) < 4.78 is 16.8. The zero-order valence-corrected chi connectivity index (χ0v) is 21.0. The van der Waals surface area contributed by atoms with E-state index in [1.54, 1.807) is 0 Å². The number of rotatable bonds is 4. The lowest BCUT2D eigenvalue weighted by molar-refractivity contribution is -0.232. The number of hydrogen-bond donors (Lipinski definition) is 11. The maximum Gasteiger partial charge on any atom is 0.197 e. The Hall–Kier alpha value is -3.51. The molecule has 41 heavy (non-hydrogen) atoms. The van der Waals surface area contributed by atoms with Gasteiger partial charge < -0.3 is 70.1 Å². The second-order valence-corrected chi connectivity index (χ2v) is 9.96. The highest BCUT2D eigenvalue weighted by Gasteiger charge is 2.48. The molecular weight excluding hydrogens is 552 g/mol. The van der Waals surface area contributed by atoms with Gasteiger partial charge in [-0.25, -0.2) is 0 Å². The molecule has 0 amide bonds. The van der Waals surface area contributed by atoms with Crippen molar-refractivity contribution < 1.29 is 70.1 Å². The molecule has 2 aliphatic heterocycles. The first kappa shape index (κ1) is 29.0. The third kappa shape index (κ3) is 4.66. The third-order valence-electron chi connectivity index (χ3n) is 7.42. The summed E-state index contributed by atoms with van der Waals surface area (Å²) in [6.07, 6.45) is -16.0. The van der Waals surface area contributed by atoms with Gasteiger partial charge in [0.25, 0.3) is 0 Å². The van der Waals surface area contributed by atoms with Gasteiger partial charge >= 0.3 is 0 Å². The fraction of sp³-hybridized carbons (Fsp3) is 0.423. The van der Waals surface area contributed by atoms with E-state index in [9.17, 15) is 61.0 Å². The molecule has 9 atom stereocenters. The predicted octanol–water partition coefficient (Wildman–Crippen LogP) is -2.05. The van der Waals surface area contributed by atoms with Crippen molar-refractivity contribution in [2.75, 3.05) is 13.2 Å². The number of aliphatic hydroxyl groups excluding tert-OH is 7. The first-order valence-electron chi connectivity index (χ1n) is 12.4. The largest absolute Gasteiger partial charge is 0.507 e. The summed E-state index contributed by atoms with van der Waals surface area (Å²) in [6.45, 7) is -1.39. The predicted molar refractivity (Wildman–Crippen MR) is 134 cm³/mol. The Morgan fingerprint density at radius 1 is 0.756 bits per heavy atom. The van der Waals surface area contributed by atoms with Gasteiger partial charge in [-0.2, -0.15) is 0 Å². The van der Waals surface area contributed by atoms with Crippen LogP contribution < -0.4 is 5.43 Å². The normalized spacial score (nSPS) is 32.3. The maximum atomic E-state index is 13.4. The molecule has 5 rings (SSSR count). The van der Waals surface area contributed by atoms with Crippen LogP contribution in [0, 0.1) is 0 Å². The summed E-state index contributed by atoms with van der Waals surface area (Å²) in [5, 5.41) is 113. The standard InChI is InChI=1S/C26H28O15/c27-5-13-18(33)21(36)23(38)26(41-13)15-19(34)14-10(30)4-12(7-1-2-8(28)9(29)3-7)40-24(14)16(20(15)35)25-22(37)17(32)11(31)6-39-25/h1-4,11,13,17-18,21-23,25-29,31-38H,5-6H2/t11-,13+,17+,18+,21-,22-,23+,25+,26-/m0/s1. The average molecular weight is 580 g/mol. The minimum atomic E-state index is -2.01. The molecular formula is C26H28O15. The zero-order valence-electron chi connectivity index (χ0n) is 21.0. The highest BCUT2D eigenvalue weighted by molar-refractivity contribution is 5.92. The Kier molecular flexibility index (Phi) is 7.58. The summed E-state index contributed by atoms with van der Waals surface area (Å²) in [7, 11) is 0. The summed E-state index contributed by atoms with van der Waals surface area (Å²) in [5.74, 6) is -3.21. The Morgan fingerprint density at radius 2 is 1.44 bits per heavy atom. The smallest absolute Gasteiger partial charge is 0.197 e. The molecule has 2 fully saturated rings. The molecule has 3 aromatic rings. The molecule has 1 aromatic heterocycles.